The molecule has 0 spiro atoms. The number of sulfone groups is 1. The highest BCUT2D eigenvalue weighted by Gasteiger charge is 2.21. The Bertz CT molecular complexity index is 783. The van der Waals surface area contributed by atoms with Gasteiger partial charge in [-0.3, -0.25) is 4.79 Å². The highest BCUT2D eigenvalue weighted by atomic mass is 35.5. The second kappa shape index (κ2) is 5.95. The molecule has 2 rings (SSSR count). The Morgan fingerprint density at radius 2 is 1.76 bits per heavy atom. The molecule has 110 valence electrons. The molecule has 0 aromatic heterocycles. The molecule has 3 nitrogen and oxygen atoms in total. The van der Waals surface area contributed by atoms with Crippen molar-refractivity contribution >= 4 is 27.2 Å². The Morgan fingerprint density at radius 1 is 1.14 bits per heavy atom. The summed E-state index contributed by atoms with van der Waals surface area (Å²) in [6, 6.07) is 9.68. The molecule has 0 aliphatic heterocycles. The summed E-state index contributed by atoms with van der Waals surface area (Å²) in [5.74, 6) is -1.91. The molecular weight excluding hydrogens is 315 g/mol. The molecule has 0 bridgehead atoms. The minimum atomic E-state index is -3.86. The lowest BCUT2D eigenvalue weighted by molar-refractivity contribution is 0.102. The van der Waals surface area contributed by atoms with Crippen LogP contribution in [0, 0.1) is 12.7 Å². The van der Waals surface area contributed by atoms with E-state index in [0.717, 1.165) is 23.8 Å². The number of Topliss-reactive ketones (excluding diaryl/α,β-unsaturated/α-hetero) is 1. The van der Waals surface area contributed by atoms with E-state index in [9.17, 15) is 17.6 Å². The predicted octanol–water partition coefficient (Wildman–Crippen LogP) is 3.44. The first kappa shape index (κ1) is 15.7. The lowest BCUT2D eigenvalue weighted by Crippen LogP contribution is -2.16. The zero-order chi connectivity index (χ0) is 15.6. The first-order chi connectivity index (χ1) is 9.79. The standard InChI is InChI=1S/C15H12ClFO3S/c1-10-2-4-11(5-3-10)15(18)9-21(19,20)12-6-7-14(17)13(16)8-12/h2-8H,9H2,1H3. The van der Waals surface area contributed by atoms with Gasteiger partial charge in [0.2, 0.25) is 0 Å². The summed E-state index contributed by atoms with van der Waals surface area (Å²) < 4.78 is 37.3. The summed E-state index contributed by atoms with van der Waals surface area (Å²) in [5, 5.41) is -0.293. The van der Waals surface area contributed by atoms with Crippen molar-refractivity contribution in [2.75, 3.05) is 5.75 Å². The summed E-state index contributed by atoms with van der Waals surface area (Å²) in [5.41, 5.74) is 1.29. The third-order valence-corrected chi connectivity index (χ3v) is 4.85. The Balaban J connectivity index is 2.26. The smallest absolute Gasteiger partial charge is 0.185 e. The van der Waals surface area contributed by atoms with E-state index in [2.05, 4.69) is 0 Å². The van der Waals surface area contributed by atoms with Crippen molar-refractivity contribution in [1.82, 2.24) is 0 Å². The minimum Gasteiger partial charge on any atom is -0.293 e. The van der Waals surface area contributed by atoms with Crippen LogP contribution >= 0.6 is 11.6 Å². The van der Waals surface area contributed by atoms with E-state index in [0.29, 0.717) is 5.56 Å². The number of ketones is 1. The molecule has 0 saturated heterocycles. The molecule has 0 atom stereocenters. The third-order valence-electron chi connectivity index (χ3n) is 2.94. The molecule has 0 heterocycles. The van der Waals surface area contributed by atoms with Gasteiger partial charge in [-0.1, -0.05) is 41.4 Å². The number of hydrogen-bond donors (Lipinski definition) is 0. The normalized spacial score (nSPS) is 11.4. The van der Waals surface area contributed by atoms with E-state index in [1.807, 2.05) is 6.92 Å². The Hall–Kier alpha value is -1.72. The van der Waals surface area contributed by atoms with Crippen LogP contribution in [0.4, 0.5) is 4.39 Å². The van der Waals surface area contributed by atoms with Gasteiger partial charge < -0.3 is 0 Å². The molecule has 2 aromatic carbocycles. The molecule has 2 aromatic rings. The lowest BCUT2D eigenvalue weighted by atomic mass is 10.1. The van der Waals surface area contributed by atoms with Gasteiger partial charge in [-0.05, 0) is 25.1 Å². The van der Waals surface area contributed by atoms with Crippen LogP contribution in [0.15, 0.2) is 47.4 Å². The minimum absolute atomic E-state index is 0.172. The van der Waals surface area contributed by atoms with E-state index in [4.69, 9.17) is 11.6 Å². The molecule has 6 heteroatoms. The SMILES string of the molecule is Cc1ccc(C(=O)CS(=O)(=O)c2ccc(F)c(Cl)c2)cc1. The molecule has 21 heavy (non-hydrogen) atoms. The number of carbonyl (C=O) groups is 1. The van der Waals surface area contributed by atoms with Gasteiger partial charge in [0.1, 0.15) is 11.6 Å². The van der Waals surface area contributed by atoms with Crippen molar-refractivity contribution in [2.24, 2.45) is 0 Å². The molecule has 0 N–H and O–H groups in total. The van der Waals surface area contributed by atoms with Crippen LogP contribution in [0.1, 0.15) is 15.9 Å². The number of benzene rings is 2. The fourth-order valence-corrected chi connectivity index (χ4v) is 3.25. The van der Waals surface area contributed by atoms with Gasteiger partial charge in [0.15, 0.2) is 15.6 Å². The van der Waals surface area contributed by atoms with E-state index in [1.165, 1.54) is 0 Å². The topological polar surface area (TPSA) is 51.2 Å². The molecule has 0 amide bonds. The number of aryl methyl sites for hydroxylation is 1. The Morgan fingerprint density at radius 3 is 2.33 bits per heavy atom. The average molecular weight is 327 g/mol. The van der Waals surface area contributed by atoms with Gasteiger partial charge in [-0.2, -0.15) is 0 Å². The number of halogens is 2. The molecule has 0 fully saturated rings. The fraction of sp³-hybridized carbons (Fsp3) is 0.133. The third kappa shape index (κ3) is 3.68. The van der Waals surface area contributed by atoms with Crippen LogP contribution in [0.5, 0.6) is 0 Å². The fourth-order valence-electron chi connectivity index (χ4n) is 1.75. The van der Waals surface area contributed by atoms with Crippen molar-refractivity contribution in [1.29, 1.82) is 0 Å². The van der Waals surface area contributed by atoms with Gasteiger partial charge in [0, 0.05) is 5.56 Å². The van der Waals surface area contributed by atoms with Gasteiger partial charge in [0.25, 0.3) is 0 Å². The average Bonchev–Trinajstić information content (AvgIpc) is 2.42. The maximum Gasteiger partial charge on any atom is 0.185 e. The van der Waals surface area contributed by atoms with E-state index < -0.39 is 27.2 Å². The highest BCUT2D eigenvalue weighted by molar-refractivity contribution is 7.92. The summed E-state index contributed by atoms with van der Waals surface area (Å²) in [7, 11) is -3.86. The van der Waals surface area contributed by atoms with Crippen molar-refractivity contribution in [3.05, 3.63) is 64.4 Å². The van der Waals surface area contributed by atoms with Crippen molar-refractivity contribution < 1.29 is 17.6 Å². The first-order valence-corrected chi connectivity index (χ1v) is 8.10. The van der Waals surface area contributed by atoms with Crippen molar-refractivity contribution in [2.45, 2.75) is 11.8 Å². The quantitative estimate of drug-likeness (QED) is 0.639. The lowest BCUT2D eigenvalue weighted by Gasteiger charge is -2.05. The van der Waals surface area contributed by atoms with Crippen LogP contribution < -0.4 is 0 Å². The first-order valence-electron chi connectivity index (χ1n) is 6.07. The second-order valence-corrected chi connectivity index (χ2v) is 7.02. The van der Waals surface area contributed by atoms with Gasteiger partial charge in [-0.15, -0.1) is 0 Å². The summed E-state index contributed by atoms with van der Waals surface area (Å²) in [6.45, 7) is 1.87. The van der Waals surface area contributed by atoms with Crippen LogP contribution in [0.3, 0.4) is 0 Å². The summed E-state index contributed by atoms with van der Waals surface area (Å²) in [6.07, 6.45) is 0. The molecular formula is C15H12ClFO3S. The largest absolute Gasteiger partial charge is 0.293 e. The molecule has 0 saturated carbocycles. The summed E-state index contributed by atoms with van der Waals surface area (Å²) in [4.78, 5) is 11.8. The summed E-state index contributed by atoms with van der Waals surface area (Å²) >= 11 is 5.57. The van der Waals surface area contributed by atoms with E-state index in [-0.39, 0.29) is 9.92 Å². The van der Waals surface area contributed by atoms with Crippen LogP contribution in [-0.4, -0.2) is 20.0 Å². The molecule has 0 radical (unpaired) electrons. The zero-order valence-corrected chi connectivity index (χ0v) is 12.7. The monoisotopic (exact) mass is 326 g/mol. The van der Waals surface area contributed by atoms with Crippen LogP contribution in [-0.2, 0) is 9.84 Å². The van der Waals surface area contributed by atoms with Crippen molar-refractivity contribution in [3.63, 3.8) is 0 Å². The number of rotatable bonds is 4. The number of hydrogen-bond acceptors (Lipinski definition) is 3. The molecule has 0 aliphatic rings. The van der Waals surface area contributed by atoms with Crippen molar-refractivity contribution in [3.8, 4) is 0 Å². The number of carbonyl (C=O) groups excluding carboxylic acids is 1. The Kier molecular flexibility index (Phi) is 4.44. The second-order valence-electron chi connectivity index (χ2n) is 4.62. The predicted molar refractivity (Wildman–Crippen MR) is 79.0 cm³/mol. The highest BCUT2D eigenvalue weighted by Crippen LogP contribution is 2.21. The van der Waals surface area contributed by atoms with Gasteiger partial charge in [-0.25, -0.2) is 12.8 Å². The zero-order valence-electron chi connectivity index (χ0n) is 11.1. The van der Waals surface area contributed by atoms with Crippen LogP contribution in [0.25, 0.3) is 0 Å². The van der Waals surface area contributed by atoms with Gasteiger partial charge in [0.05, 0.1) is 9.92 Å². The van der Waals surface area contributed by atoms with Crippen LogP contribution in [0.2, 0.25) is 5.02 Å². The maximum atomic E-state index is 13.1. The Labute approximate surface area is 127 Å². The molecule has 0 aliphatic carbocycles. The van der Waals surface area contributed by atoms with E-state index in [1.54, 1.807) is 24.3 Å². The van der Waals surface area contributed by atoms with E-state index >= 15 is 0 Å². The molecule has 0 unspecified atom stereocenters. The van der Waals surface area contributed by atoms with Gasteiger partial charge >= 0.3 is 0 Å². The maximum absolute atomic E-state index is 13.1.